The maximum atomic E-state index is 12.6. The third-order valence-corrected chi connectivity index (χ3v) is 7.03. The molecule has 3 heterocycles. The molecule has 0 aliphatic carbocycles. The van der Waals surface area contributed by atoms with Crippen LogP contribution in [0.3, 0.4) is 0 Å². The average molecular weight is 593 g/mol. The van der Waals surface area contributed by atoms with Gasteiger partial charge in [-0.15, -0.1) is 0 Å². The van der Waals surface area contributed by atoms with Crippen LogP contribution in [0.25, 0.3) is 22.3 Å². The number of hydrogen-bond donors (Lipinski definition) is 2. The highest BCUT2D eigenvalue weighted by molar-refractivity contribution is 6.27. The van der Waals surface area contributed by atoms with Crippen molar-refractivity contribution in [3.63, 3.8) is 0 Å². The number of anilines is 1. The summed E-state index contributed by atoms with van der Waals surface area (Å²) in [5.74, 6) is -1.79. The molecular weight excluding hydrogens is 560 g/mol. The third-order valence-electron chi connectivity index (χ3n) is 7.03. The molecule has 1 saturated heterocycles. The van der Waals surface area contributed by atoms with Crippen LogP contribution in [0, 0.1) is 0 Å². The maximum Gasteiger partial charge on any atom is 0.414 e. The first-order valence-corrected chi connectivity index (χ1v) is 13.5. The maximum absolute atomic E-state index is 12.6. The lowest BCUT2D eigenvalue weighted by atomic mass is 10.1. The Labute approximate surface area is 245 Å². The van der Waals surface area contributed by atoms with E-state index in [1.807, 2.05) is 30.3 Å². The first kappa shape index (κ1) is 30.8. The van der Waals surface area contributed by atoms with Crippen molar-refractivity contribution in [1.29, 1.82) is 0 Å². The Kier molecular flexibility index (Phi) is 9.78. The molecule has 43 heavy (non-hydrogen) atoms. The standard InChI is InChI=1S/C28H30N4O5.C2H2O4/c1-29-26(19-27(34)30(2)28(29)35)32-14-12-31(13-15-32)11-6-16-36-21-9-10-22-23(33)18-24(37-25(22)17-21)20-7-4-3-5-8-20;3-1(4)2(5)6/h3-5,7-10,17-19H,6,11-16H2,1-2H3;(H,3,4)(H,5,6). The normalized spacial score (nSPS) is 13.3. The second-order valence-electron chi connectivity index (χ2n) is 9.88. The number of aliphatic carboxylic acids is 2. The van der Waals surface area contributed by atoms with E-state index < -0.39 is 11.9 Å². The van der Waals surface area contributed by atoms with Gasteiger partial charge in [0.1, 0.15) is 22.9 Å². The van der Waals surface area contributed by atoms with Crippen molar-refractivity contribution in [2.45, 2.75) is 6.42 Å². The van der Waals surface area contributed by atoms with Gasteiger partial charge < -0.3 is 24.3 Å². The summed E-state index contributed by atoms with van der Waals surface area (Å²) in [6.45, 7) is 4.59. The number of nitrogens with zero attached hydrogens (tertiary/aromatic N) is 4. The molecule has 0 unspecified atom stereocenters. The lowest BCUT2D eigenvalue weighted by Crippen LogP contribution is -2.49. The number of piperazine rings is 1. The number of hydrogen-bond acceptors (Lipinski definition) is 9. The van der Waals surface area contributed by atoms with Gasteiger partial charge in [0.25, 0.3) is 5.56 Å². The lowest BCUT2D eigenvalue weighted by molar-refractivity contribution is -0.159. The van der Waals surface area contributed by atoms with Gasteiger partial charge >= 0.3 is 17.6 Å². The number of fused-ring (bicyclic) bond motifs is 1. The van der Waals surface area contributed by atoms with Gasteiger partial charge in [-0.2, -0.15) is 0 Å². The van der Waals surface area contributed by atoms with Gasteiger partial charge in [0, 0.05) is 70.6 Å². The van der Waals surface area contributed by atoms with Gasteiger partial charge in [0.05, 0.1) is 12.0 Å². The molecule has 0 spiro atoms. The highest BCUT2D eigenvalue weighted by atomic mass is 16.5. The van der Waals surface area contributed by atoms with E-state index in [1.54, 1.807) is 25.2 Å². The minimum absolute atomic E-state index is 0.0817. The number of benzene rings is 2. The van der Waals surface area contributed by atoms with Crippen molar-refractivity contribution < 1.29 is 29.0 Å². The van der Waals surface area contributed by atoms with Crippen LogP contribution in [0.2, 0.25) is 0 Å². The molecule has 2 aromatic heterocycles. The zero-order valence-corrected chi connectivity index (χ0v) is 23.8. The molecule has 1 aliphatic heterocycles. The highest BCUT2D eigenvalue weighted by Crippen LogP contribution is 2.25. The van der Waals surface area contributed by atoms with Gasteiger partial charge in [0.15, 0.2) is 5.43 Å². The summed E-state index contributed by atoms with van der Waals surface area (Å²) in [7, 11) is 3.19. The fourth-order valence-electron chi connectivity index (χ4n) is 4.67. The van der Waals surface area contributed by atoms with Gasteiger partial charge in [-0.05, 0) is 18.6 Å². The van der Waals surface area contributed by atoms with Crippen molar-refractivity contribution in [2.24, 2.45) is 14.1 Å². The molecular formula is C30H32N4O9. The molecule has 1 fully saturated rings. The molecule has 0 bridgehead atoms. The smallest absolute Gasteiger partial charge is 0.414 e. The van der Waals surface area contributed by atoms with E-state index in [4.69, 9.17) is 29.0 Å². The van der Waals surface area contributed by atoms with E-state index in [-0.39, 0.29) is 16.7 Å². The molecule has 2 aromatic carbocycles. The SMILES string of the molecule is Cn1c(N2CCN(CCCOc3ccc4c(=O)cc(-c5ccccc5)oc4c3)CC2)cc(=O)n(C)c1=O.O=C(O)C(=O)O. The quantitative estimate of drug-likeness (QED) is 0.237. The number of carboxylic acid groups (broad SMARTS) is 2. The van der Waals surface area contributed by atoms with Crippen molar-refractivity contribution in [1.82, 2.24) is 14.0 Å². The summed E-state index contributed by atoms with van der Waals surface area (Å²) in [5.41, 5.74) is 0.671. The summed E-state index contributed by atoms with van der Waals surface area (Å²) in [4.78, 5) is 59.5. The van der Waals surface area contributed by atoms with Crippen LogP contribution in [0.1, 0.15) is 6.42 Å². The molecule has 5 rings (SSSR count). The first-order valence-electron chi connectivity index (χ1n) is 13.5. The highest BCUT2D eigenvalue weighted by Gasteiger charge is 2.20. The summed E-state index contributed by atoms with van der Waals surface area (Å²) in [6, 6.07) is 17.9. The Hall–Kier alpha value is -5.17. The molecule has 4 aromatic rings. The van der Waals surface area contributed by atoms with Gasteiger partial charge in [-0.25, -0.2) is 14.4 Å². The van der Waals surface area contributed by atoms with Gasteiger partial charge in [-0.3, -0.25) is 23.6 Å². The van der Waals surface area contributed by atoms with Crippen LogP contribution in [0.15, 0.2) is 79.5 Å². The molecule has 0 amide bonds. The van der Waals surface area contributed by atoms with Crippen molar-refractivity contribution >= 4 is 28.7 Å². The van der Waals surface area contributed by atoms with Crippen molar-refractivity contribution in [3.05, 3.63) is 91.7 Å². The fourth-order valence-corrected chi connectivity index (χ4v) is 4.67. The number of carboxylic acids is 2. The number of carbonyl (C=O) groups is 2. The molecule has 13 nitrogen and oxygen atoms in total. The van der Waals surface area contributed by atoms with E-state index >= 15 is 0 Å². The zero-order valence-electron chi connectivity index (χ0n) is 23.8. The number of aromatic nitrogens is 2. The third kappa shape index (κ3) is 7.57. The van der Waals surface area contributed by atoms with Crippen molar-refractivity contribution in [3.8, 4) is 17.1 Å². The molecule has 1 aliphatic rings. The van der Waals surface area contributed by atoms with Crippen molar-refractivity contribution in [2.75, 3.05) is 44.2 Å². The summed E-state index contributed by atoms with van der Waals surface area (Å²) in [5, 5.41) is 15.3. The van der Waals surface area contributed by atoms with E-state index in [0.29, 0.717) is 34.9 Å². The average Bonchev–Trinajstić information content (AvgIpc) is 3.01. The summed E-state index contributed by atoms with van der Waals surface area (Å²) < 4.78 is 14.6. The summed E-state index contributed by atoms with van der Waals surface area (Å²) in [6.07, 6.45) is 0.844. The van der Waals surface area contributed by atoms with Crippen LogP contribution in [0.4, 0.5) is 5.82 Å². The molecule has 2 N–H and O–H groups in total. The van der Waals surface area contributed by atoms with Crippen LogP contribution in [-0.2, 0) is 23.7 Å². The largest absolute Gasteiger partial charge is 0.493 e. The van der Waals surface area contributed by atoms with E-state index in [1.165, 1.54) is 23.7 Å². The lowest BCUT2D eigenvalue weighted by Gasteiger charge is -2.36. The second kappa shape index (κ2) is 13.7. The minimum atomic E-state index is -1.82. The fraction of sp³-hybridized carbons (Fsp3) is 0.300. The number of ether oxygens (including phenoxy) is 1. The predicted octanol–water partition coefficient (Wildman–Crippen LogP) is 1.60. The van der Waals surface area contributed by atoms with Gasteiger partial charge in [0.2, 0.25) is 0 Å². The Morgan fingerprint density at radius 3 is 2.19 bits per heavy atom. The summed E-state index contributed by atoms with van der Waals surface area (Å²) >= 11 is 0. The van der Waals surface area contributed by atoms with Crippen LogP contribution in [0.5, 0.6) is 5.75 Å². The molecule has 13 heteroatoms. The molecule has 0 saturated carbocycles. The Morgan fingerprint density at radius 2 is 1.53 bits per heavy atom. The Morgan fingerprint density at radius 1 is 0.860 bits per heavy atom. The zero-order chi connectivity index (χ0) is 31.1. The Balaban J connectivity index is 0.000000641. The van der Waals surface area contributed by atoms with Crippen LogP contribution < -0.4 is 26.3 Å². The second-order valence-corrected chi connectivity index (χ2v) is 9.88. The van der Waals surface area contributed by atoms with E-state index in [2.05, 4.69) is 9.80 Å². The molecule has 0 atom stereocenters. The number of rotatable bonds is 7. The first-order chi connectivity index (χ1) is 20.5. The van der Waals surface area contributed by atoms with Crippen LogP contribution >= 0.6 is 0 Å². The Bertz CT molecular complexity index is 1770. The molecule has 0 radical (unpaired) electrons. The minimum Gasteiger partial charge on any atom is -0.493 e. The molecule has 226 valence electrons. The van der Waals surface area contributed by atoms with Gasteiger partial charge in [-0.1, -0.05) is 30.3 Å². The topological polar surface area (TPSA) is 165 Å². The van der Waals surface area contributed by atoms with E-state index in [9.17, 15) is 14.4 Å². The monoisotopic (exact) mass is 592 g/mol. The van der Waals surface area contributed by atoms with Crippen LogP contribution in [-0.4, -0.2) is 75.5 Å². The van der Waals surface area contributed by atoms with E-state index in [0.717, 1.165) is 49.3 Å². The predicted molar refractivity (Wildman–Crippen MR) is 159 cm³/mol.